The van der Waals surface area contributed by atoms with Gasteiger partial charge >= 0.3 is 5.97 Å². The summed E-state index contributed by atoms with van der Waals surface area (Å²) in [5, 5.41) is 11.4. The topological polar surface area (TPSA) is 94.6 Å². The highest BCUT2D eigenvalue weighted by atomic mass is 32.2. The minimum Gasteiger partial charge on any atom is -0.493 e. The molecule has 0 radical (unpaired) electrons. The summed E-state index contributed by atoms with van der Waals surface area (Å²) in [5.74, 6) is -0.0464. The molecule has 6 nitrogen and oxygen atoms in total. The number of allylic oxidation sites excluding steroid dienone is 1. The van der Waals surface area contributed by atoms with Gasteiger partial charge in [0.1, 0.15) is 0 Å². The van der Waals surface area contributed by atoms with E-state index in [9.17, 15) is 10.1 Å². The summed E-state index contributed by atoms with van der Waals surface area (Å²) in [7, 11) is 4.35. The van der Waals surface area contributed by atoms with Crippen molar-refractivity contribution in [2.24, 2.45) is 5.73 Å². The molecule has 0 amide bonds. The van der Waals surface area contributed by atoms with Crippen LogP contribution in [0.25, 0.3) is 0 Å². The van der Waals surface area contributed by atoms with Crippen LogP contribution in [0.15, 0.2) is 39.8 Å². The third-order valence-corrected chi connectivity index (χ3v) is 4.31. The fourth-order valence-electron chi connectivity index (χ4n) is 2.34. The van der Waals surface area contributed by atoms with Gasteiger partial charge in [0.2, 0.25) is 0 Å². The molecule has 1 heterocycles. The first-order chi connectivity index (χ1) is 11.1. The summed E-state index contributed by atoms with van der Waals surface area (Å²) in [5.41, 5.74) is 7.28. The van der Waals surface area contributed by atoms with E-state index in [0.717, 1.165) is 11.8 Å². The number of nitrogens with zero attached hydrogens (tertiary/aromatic N) is 1. The lowest BCUT2D eigenvalue weighted by atomic mass is 9.85. The SMILES string of the molecule is COC(=O)C1=CSC(N)=C(C#N)C1c1ccc(OC)c(OC)c1. The first-order valence-corrected chi connectivity index (χ1v) is 7.52. The van der Waals surface area contributed by atoms with E-state index in [1.54, 1.807) is 23.6 Å². The fourth-order valence-corrected chi connectivity index (χ4v) is 3.12. The zero-order valence-corrected chi connectivity index (χ0v) is 13.8. The maximum absolute atomic E-state index is 12.1. The molecule has 0 saturated heterocycles. The predicted molar refractivity (Wildman–Crippen MR) is 86.8 cm³/mol. The summed E-state index contributed by atoms with van der Waals surface area (Å²) in [6, 6.07) is 7.30. The monoisotopic (exact) mass is 332 g/mol. The van der Waals surface area contributed by atoms with Crippen molar-refractivity contribution in [3.63, 3.8) is 0 Å². The van der Waals surface area contributed by atoms with Gasteiger partial charge in [0.15, 0.2) is 11.5 Å². The van der Waals surface area contributed by atoms with Gasteiger partial charge in [-0.05, 0) is 23.1 Å². The standard InChI is InChI=1S/C16H16N2O4S/c1-20-12-5-4-9(6-13(12)21-2)14-10(7-17)15(18)23-8-11(14)16(19)22-3/h4-6,8,14H,18H2,1-3H3. The lowest BCUT2D eigenvalue weighted by molar-refractivity contribution is -0.136. The smallest absolute Gasteiger partial charge is 0.335 e. The summed E-state index contributed by atoms with van der Waals surface area (Å²) >= 11 is 1.13. The largest absolute Gasteiger partial charge is 0.493 e. The van der Waals surface area contributed by atoms with Crippen LogP contribution < -0.4 is 15.2 Å². The van der Waals surface area contributed by atoms with Crippen molar-refractivity contribution in [2.75, 3.05) is 21.3 Å². The minimum absolute atomic E-state index is 0.310. The van der Waals surface area contributed by atoms with Crippen LogP contribution in [0, 0.1) is 11.3 Å². The Bertz CT molecular complexity index is 734. The number of nitriles is 1. The molecule has 1 aliphatic heterocycles. The van der Waals surface area contributed by atoms with Crippen LogP contribution in [0.1, 0.15) is 11.5 Å². The van der Waals surface area contributed by atoms with Crippen LogP contribution in [0.5, 0.6) is 11.5 Å². The number of hydrogen-bond acceptors (Lipinski definition) is 7. The molecular formula is C16H16N2O4S. The predicted octanol–water partition coefficient (Wildman–Crippen LogP) is 2.28. The van der Waals surface area contributed by atoms with E-state index in [1.807, 2.05) is 0 Å². The number of methoxy groups -OCH3 is 3. The number of benzene rings is 1. The summed E-state index contributed by atoms with van der Waals surface area (Å²) in [6.07, 6.45) is 0. The minimum atomic E-state index is -0.603. The third kappa shape index (κ3) is 3.12. The second-order valence-electron chi connectivity index (χ2n) is 4.62. The second kappa shape index (κ2) is 7.11. The number of thioether (sulfide) groups is 1. The Labute approximate surface area is 138 Å². The highest BCUT2D eigenvalue weighted by Crippen LogP contribution is 2.43. The fraction of sp³-hybridized carbons (Fsp3) is 0.250. The summed E-state index contributed by atoms with van der Waals surface area (Å²) in [6.45, 7) is 0. The molecule has 0 spiro atoms. The number of hydrogen-bond donors (Lipinski definition) is 1. The highest BCUT2D eigenvalue weighted by Gasteiger charge is 2.32. The molecule has 1 aromatic carbocycles. The number of rotatable bonds is 4. The molecule has 7 heteroatoms. The molecule has 0 aliphatic carbocycles. The Morgan fingerprint density at radius 3 is 2.52 bits per heavy atom. The van der Waals surface area contributed by atoms with Crippen LogP contribution in [0.2, 0.25) is 0 Å². The molecule has 2 N–H and O–H groups in total. The van der Waals surface area contributed by atoms with E-state index >= 15 is 0 Å². The molecule has 1 atom stereocenters. The van der Waals surface area contributed by atoms with Gasteiger partial charge in [-0.3, -0.25) is 0 Å². The van der Waals surface area contributed by atoms with Crippen LogP contribution in [-0.2, 0) is 9.53 Å². The Hall–Kier alpha value is -2.59. The second-order valence-corrected chi connectivity index (χ2v) is 5.53. The zero-order valence-electron chi connectivity index (χ0n) is 13.0. The van der Waals surface area contributed by atoms with Crippen LogP contribution in [0.4, 0.5) is 0 Å². The molecule has 0 bridgehead atoms. The van der Waals surface area contributed by atoms with E-state index in [1.165, 1.54) is 21.3 Å². The van der Waals surface area contributed by atoms with Gasteiger partial charge in [-0.15, -0.1) is 0 Å². The number of carbonyl (C=O) groups excluding carboxylic acids is 1. The average molecular weight is 332 g/mol. The highest BCUT2D eigenvalue weighted by molar-refractivity contribution is 8.05. The number of esters is 1. The van der Waals surface area contributed by atoms with Crippen molar-refractivity contribution in [2.45, 2.75) is 5.92 Å². The van der Waals surface area contributed by atoms with Gasteiger partial charge in [-0.25, -0.2) is 4.79 Å². The normalized spacial score (nSPS) is 17.1. The first-order valence-electron chi connectivity index (χ1n) is 6.64. The van der Waals surface area contributed by atoms with Gasteiger partial charge in [0, 0.05) is 0 Å². The quantitative estimate of drug-likeness (QED) is 0.845. The van der Waals surface area contributed by atoms with E-state index in [0.29, 0.717) is 33.2 Å². The Morgan fingerprint density at radius 1 is 1.26 bits per heavy atom. The number of nitrogens with two attached hydrogens (primary N) is 1. The third-order valence-electron chi connectivity index (χ3n) is 3.46. The van der Waals surface area contributed by atoms with Gasteiger partial charge in [0.05, 0.1) is 49.5 Å². The maximum atomic E-state index is 12.1. The van der Waals surface area contributed by atoms with Crippen molar-refractivity contribution in [3.8, 4) is 17.6 Å². The first kappa shape index (κ1) is 16.8. The molecule has 1 unspecified atom stereocenters. The van der Waals surface area contributed by atoms with Gasteiger partial charge in [0.25, 0.3) is 0 Å². The van der Waals surface area contributed by atoms with Crippen molar-refractivity contribution in [1.82, 2.24) is 0 Å². The Morgan fingerprint density at radius 2 is 1.96 bits per heavy atom. The van der Waals surface area contributed by atoms with Crippen molar-refractivity contribution in [3.05, 3.63) is 45.3 Å². The molecule has 2 rings (SSSR count). The average Bonchev–Trinajstić information content (AvgIpc) is 2.59. The van der Waals surface area contributed by atoms with Crippen molar-refractivity contribution < 1.29 is 19.0 Å². The zero-order chi connectivity index (χ0) is 17.0. The van der Waals surface area contributed by atoms with Crippen LogP contribution in [0.3, 0.4) is 0 Å². The summed E-state index contributed by atoms with van der Waals surface area (Å²) < 4.78 is 15.3. The number of ether oxygens (including phenoxy) is 3. The summed E-state index contributed by atoms with van der Waals surface area (Å²) in [4.78, 5) is 12.1. The van der Waals surface area contributed by atoms with E-state index < -0.39 is 11.9 Å². The van der Waals surface area contributed by atoms with Gasteiger partial charge < -0.3 is 19.9 Å². The number of carbonyl (C=O) groups is 1. The molecule has 1 aromatic rings. The van der Waals surface area contributed by atoms with Gasteiger partial charge in [-0.2, -0.15) is 5.26 Å². The molecule has 0 aromatic heterocycles. The Kier molecular flexibility index (Phi) is 5.19. The lowest BCUT2D eigenvalue weighted by Gasteiger charge is -2.24. The van der Waals surface area contributed by atoms with E-state index in [2.05, 4.69) is 6.07 Å². The van der Waals surface area contributed by atoms with Crippen LogP contribution >= 0.6 is 11.8 Å². The molecule has 23 heavy (non-hydrogen) atoms. The van der Waals surface area contributed by atoms with Crippen molar-refractivity contribution >= 4 is 17.7 Å². The van der Waals surface area contributed by atoms with E-state index in [-0.39, 0.29) is 0 Å². The molecule has 1 aliphatic rings. The van der Waals surface area contributed by atoms with Crippen molar-refractivity contribution in [1.29, 1.82) is 5.26 Å². The molecule has 0 fully saturated rings. The lowest BCUT2D eigenvalue weighted by Crippen LogP contribution is -2.19. The van der Waals surface area contributed by atoms with Crippen LogP contribution in [-0.4, -0.2) is 27.3 Å². The van der Waals surface area contributed by atoms with E-state index in [4.69, 9.17) is 19.9 Å². The maximum Gasteiger partial charge on any atom is 0.335 e. The van der Waals surface area contributed by atoms with Gasteiger partial charge in [-0.1, -0.05) is 17.8 Å². The molecular weight excluding hydrogens is 316 g/mol. The molecule has 0 saturated carbocycles. The Balaban J connectivity index is 2.59. The molecule has 120 valence electrons.